The Bertz CT molecular complexity index is 514. The largest absolute Gasteiger partial charge is 0.452 e. The fourth-order valence-electron chi connectivity index (χ4n) is 1.68. The second-order valence-corrected chi connectivity index (χ2v) is 5.23. The molecule has 1 aromatic carbocycles. The van der Waals surface area contributed by atoms with E-state index >= 15 is 0 Å². The van der Waals surface area contributed by atoms with E-state index in [1.165, 1.54) is 4.31 Å². The van der Waals surface area contributed by atoms with Crippen LogP contribution in [0.3, 0.4) is 0 Å². The van der Waals surface area contributed by atoms with Crippen molar-refractivity contribution in [1.82, 2.24) is 4.31 Å². The standard InChI is InChI=1S/C10H12N2O4S/c1-16-10(13)12-8-7-11(17(12,14)15)9-5-3-2-4-6-9/h2-6H,7-8H2,1H3. The van der Waals surface area contributed by atoms with Gasteiger partial charge in [-0.15, -0.1) is 0 Å². The minimum Gasteiger partial charge on any atom is -0.452 e. The maximum atomic E-state index is 12.0. The zero-order valence-corrected chi connectivity index (χ0v) is 10.1. The van der Waals surface area contributed by atoms with E-state index in [1.807, 2.05) is 0 Å². The highest BCUT2D eigenvalue weighted by molar-refractivity contribution is 7.91. The molecule has 2 rings (SSSR count). The van der Waals surface area contributed by atoms with E-state index in [2.05, 4.69) is 4.74 Å². The number of carbonyl (C=O) groups excluding carboxylic acids is 1. The SMILES string of the molecule is COC(=O)N1CCN(c2ccccc2)S1(=O)=O. The minimum absolute atomic E-state index is 0.101. The van der Waals surface area contributed by atoms with Crippen LogP contribution < -0.4 is 4.31 Å². The summed E-state index contributed by atoms with van der Waals surface area (Å²) in [5, 5.41) is 0. The Labute approximate surface area is 99.6 Å². The van der Waals surface area contributed by atoms with E-state index in [-0.39, 0.29) is 13.1 Å². The molecule has 1 amide bonds. The third-order valence-electron chi connectivity index (χ3n) is 2.49. The molecule has 1 heterocycles. The van der Waals surface area contributed by atoms with Gasteiger partial charge in [0.25, 0.3) is 0 Å². The van der Waals surface area contributed by atoms with Gasteiger partial charge in [0, 0.05) is 0 Å². The number of hydrogen-bond donors (Lipinski definition) is 0. The lowest BCUT2D eigenvalue weighted by molar-refractivity contribution is 0.152. The smallest absolute Gasteiger partial charge is 0.424 e. The van der Waals surface area contributed by atoms with Gasteiger partial charge in [-0.25, -0.2) is 4.79 Å². The summed E-state index contributed by atoms with van der Waals surface area (Å²) in [7, 11) is -2.64. The summed E-state index contributed by atoms with van der Waals surface area (Å²) < 4.78 is 30.4. The molecule has 0 unspecified atom stereocenters. The lowest BCUT2D eigenvalue weighted by atomic mass is 10.3. The highest BCUT2D eigenvalue weighted by Gasteiger charge is 2.40. The van der Waals surface area contributed by atoms with E-state index in [0.717, 1.165) is 11.4 Å². The number of rotatable bonds is 1. The normalized spacial score (nSPS) is 18.2. The Morgan fingerprint density at radius 1 is 1.24 bits per heavy atom. The first-order valence-corrected chi connectivity index (χ1v) is 6.40. The molecule has 1 aromatic rings. The van der Waals surface area contributed by atoms with Crippen molar-refractivity contribution >= 4 is 22.0 Å². The van der Waals surface area contributed by atoms with Crippen LogP contribution in [0, 0.1) is 0 Å². The van der Waals surface area contributed by atoms with Gasteiger partial charge in [0.05, 0.1) is 25.9 Å². The summed E-state index contributed by atoms with van der Waals surface area (Å²) in [5.74, 6) is 0. The molecule has 0 aliphatic carbocycles. The highest BCUT2D eigenvalue weighted by atomic mass is 32.2. The molecule has 0 bridgehead atoms. The third-order valence-corrected chi connectivity index (χ3v) is 4.32. The van der Waals surface area contributed by atoms with Gasteiger partial charge in [-0.05, 0) is 12.1 Å². The van der Waals surface area contributed by atoms with Crippen molar-refractivity contribution in [1.29, 1.82) is 0 Å². The van der Waals surface area contributed by atoms with E-state index < -0.39 is 16.3 Å². The van der Waals surface area contributed by atoms with Gasteiger partial charge in [-0.1, -0.05) is 18.2 Å². The van der Waals surface area contributed by atoms with Crippen molar-refractivity contribution in [3.05, 3.63) is 30.3 Å². The maximum Gasteiger partial charge on any atom is 0.424 e. The van der Waals surface area contributed by atoms with E-state index in [9.17, 15) is 13.2 Å². The van der Waals surface area contributed by atoms with Crippen LogP contribution in [0.15, 0.2) is 30.3 Å². The average Bonchev–Trinajstić information content (AvgIpc) is 2.65. The lowest BCUT2D eigenvalue weighted by Crippen LogP contribution is -2.37. The average molecular weight is 256 g/mol. The van der Waals surface area contributed by atoms with Crippen LogP contribution in [0.4, 0.5) is 10.5 Å². The fraction of sp³-hybridized carbons (Fsp3) is 0.300. The Kier molecular flexibility index (Phi) is 2.93. The first kappa shape index (κ1) is 11.7. The molecule has 17 heavy (non-hydrogen) atoms. The van der Waals surface area contributed by atoms with Gasteiger partial charge in [-0.2, -0.15) is 12.7 Å². The quantitative estimate of drug-likeness (QED) is 0.746. The van der Waals surface area contributed by atoms with E-state index in [4.69, 9.17) is 0 Å². The number of nitrogens with zero attached hydrogens (tertiary/aromatic N) is 2. The Balaban J connectivity index is 2.33. The summed E-state index contributed by atoms with van der Waals surface area (Å²) in [6.45, 7) is 0.339. The topological polar surface area (TPSA) is 66.9 Å². The molecule has 0 aromatic heterocycles. The number of para-hydroxylation sites is 1. The molecule has 1 fully saturated rings. The number of carbonyl (C=O) groups is 1. The molecule has 1 saturated heterocycles. The van der Waals surface area contributed by atoms with Gasteiger partial charge in [-0.3, -0.25) is 4.31 Å². The molecule has 1 aliphatic heterocycles. The number of ether oxygens (including phenoxy) is 1. The van der Waals surface area contributed by atoms with Crippen molar-refractivity contribution in [3.63, 3.8) is 0 Å². The zero-order valence-electron chi connectivity index (χ0n) is 9.24. The number of hydrogen-bond acceptors (Lipinski definition) is 4. The second-order valence-electron chi connectivity index (χ2n) is 3.46. The summed E-state index contributed by atoms with van der Waals surface area (Å²) in [4.78, 5) is 11.3. The molecule has 0 N–H and O–H groups in total. The van der Waals surface area contributed by atoms with Gasteiger partial charge in [0.1, 0.15) is 0 Å². The first-order chi connectivity index (χ1) is 8.07. The molecule has 0 radical (unpaired) electrons. The van der Waals surface area contributed by atoms with Crippen LogP contribution in [0.25, 0.3) is 0 Å². The van der Waals surface area contributed by atoms with Crippen molar-refractivity contribution in [2.45, 2.75) is 0 Å². The zero-order chi connectivity index (χ0) is 12.5. The van der Waals surface area contributed by atoms with Gasteiger partial charge in [0.15, 0.2) is 0 Å². The number of anilines is 1. The Hall–Kier alpha value is -1.76. The van der Waals surface area contributed by atoms with E-state index in [0.29, 0.717) is 5.69 Å². The van der Waals surface area contributed by atoms with Crippen LogP contribution in [0.5, 0.6) is 0 Å². The van der Waals surface area contributed by atoms with Crippen molar-refractivity contribution in [2.75, 3.05) is 24.5 Å². The van der Waals surface area contributed by atoms with Crippen molar-refractivity contribution in [3.8, 4) is 0 Å². The Morgan fingerprint density at radius 3 is 2.47 bits per heavy atom. The molecule has 0 spiro atoms. The lowest BCUT2D eigenvalue weighted by Gasteiger charge is -2.18. The van der Waals surface area contributed by atoms with Crippen LogP contribution in [0.1, 0.15) is 0 Å². The Morgan fingerprint density at radius 2 is 1.88 bits per heavy atom. The van der Waals surface area contributed by atoms with Crippen LogP contribution >= 0.6 is 0 Å². The molecule has 1 aliphatic rings. The number of amides is 1. The molecular formula is C10H12N2O4S. The fourth-order valence-corrected chi connectivity index (χ4v) is 3.19. The second kappa shape index (κ2) is 4.25. The molecule has 6 nitrogen and oxygen atoms in total. The highest BCUT2D eigenvalue weighted by Crippen LogP contribution is 2.24. The summed E-state index contributed by atoms with van der Waals surface area (Å²) in [6.07, 6.45) is -0.858. The third kappa shape index (κ3) is 1.93. The predicted molar refractivity (Wildman–Crippen MR) is 61.8 cm³/mol. The van der Waals surface area contributed by atoms with Crippen LogP contribution in [0.2, 0.25) is 0 Å². The van der Waals surface area contributed by atoms with Crippen molar-refractivity contribution in [2.24, 2.45) is 0 Å². The first-order valence-electron chi connectivity index (χ1n) is 5.01. The molecule has 92 valence electrons. The minimum atomic E-state index is -3.80. The van der Waals surface area contributed by atoms with Gasteiger partial charge >= 0.3 is 16.3 Å². The van der Waals surface area contributed by atoms with E-state index in [1.54, 1.807) is 30.3 Å². The summed E-state index contributed by atoms with van der Waals surface area (Å²) in [5.41, 5.74) is 0.541. The molecule has 0 atom stereocenters. The monoisotopic (exact) mass is 256 g/mol. The van der Waals surface area contributed by atoms with Crippen LogP contribution in [-0.2, 0) is 14.9 Å². The molecule has 0 saturated carbocycles. The predicted octanol–water partition coefficient (Wildman–Crippen LogP) is 0.820. The van der Waals surface area contributed by atoms with Gasteiger partial charge in [0.2, 0.25) is 0 Å². The summed E-state index contributed by atoms with van der Waals surface area (Å²) >= 11 is 0. The molecular weight excluding hydrogens is 244 g/mol. The number of benzene rings is 1. The summed E-state index contributed by atoms with van der Waals surface area (Å²) in [6, 6.07) is 8.64. The molecule has 7 heteroatoms. The number of methoxy groups -OCH3 is 1. The maximum absolute atomic E-state index is 12.0. The van der Waals surface area contributed by atoms with Crippen molar-refractivity contribution < 1.29 is 17.9 Å². The van der Waals surface area contributed by atoms with Gasteiger partial charge < -0.3 is 4.74 Å². The van der Waals surface area contributed by atoms with Crippen LogP contribution in [-0.4, -0.2) is 39.0 Å².